The molecule has 3 aromatic rings. The van der Waals surface area contributed by atoms with Crippen molar-refractivity contribution in [2.75, 3.05) is 25.0 Å². The van der Waals surface area contributed by atoms with Crippen molar-refractivity contribution >= 4 is 33.3 Å². The van der Waals surface area contributed by atoms with E-state index in [-0.39, 0.29) is 21.2 Å². The summed E-state index contributed by atoms with van der Waals surface area (Å²) in [6.07, 6.45) is 12.2. The molecule has 1 saturated heterocycles. The molecule has 13 heteroatoms. The minimum atomic E-state index is -4.18. The Morgan fingerprint density at radius 3 is 2.65 bits per heavy atom. The van der Waals surface area contributed by atoms with Gasteiger partial charge in [0.05, 0.1) is 12.2 Å². The number of aromatic nitrogens is 4. The van der Waals surface area contributed by atoms with E-state index in [4.69, 9.17) is 16.3 Å². The van der Waals surface area contributed by atoms with Crippen LogP contribution >= 0.6 is 11.6 Å². The zero-order valence-corrected chi connectivity index (χ0v) is 26.3. The summed E-state index contributed by atoms with van der Waals surface area (Å²) in [5.41, 5.74) is 0.152. The largest absolute Gasteiger partial charge is 0.476 e. The van der Waals surface area contributed by atoms with Gasteiger partial charge in [0.1, 0.15) is 15.9 Å². The zero-order chi connectivity index (χ0) is 30.5. The SMILES string of the molecule is CC1(C)CC(CCCCNc2ccc(S(=O)(=O)NC(=O)c3ccc(-n4ccc(OCC5CCCC5)n4)nc3Cl)cn2)CN1. The van der Waals surface area contributed by atoms with Gasteiger partial charge in [-0.1, -0.05) is 30.9 Å². The first-order valence-electron chi connectivity index (χ1n) is 15.0. The molecule has 1 aliphatic carbocycles. The number of hydrogen-bond acceptors (Lipinski definition) is 9. The van der Waals surface area contributed by atoms with Crippen molar-refractivity contribution in [3.63, 3.8) is 0 Å². The maximum atomic E-state index is 12.9. The molecule has 3 N–H and O–H groups in total. The molecule has 0 radical (unpaired) electrons. The fraction of sp³-hybridized carbons (Fsp3) is 0.533. The molecule has 43 heavy (non-hydrogen) atoms. The Morgan fingerprint density at radius 2 is 1.95 bits per heavy atom. The van der Waals surface area contributed by atoms with Crippen molar-refractivity contribution in [2.45, 2.75) is 75.6 Å². The first-order chi connectivity index (χ1) is 20.6. The predicted octanol–water partition coefficient (Wildman–Crippen LogP) is 4.97. The topological polar surface area (TPSA) is 140 Å². The third-order valence-corrected chi connectivity index (χ3v) is 9.71. The van der Waals surface area contributed by atoms with Crippen LogP contribution < -0.4 is 20.1 Å². The lowest BCUT2D eigenvalue weighted by atomic mass is 9.93. The highest BCUT2D eigenvalue weighted by Crippen LogP contribution is 2.27. The Labute approximate surface area is 258 Å². The van der Waals surface area contributed by atoms with Gasteiger partial charge in [0.15, 0.2) is 5.82 Å². The summed E-state index contributed by atoms with van der Waals surface area (Å²) in [6.45, 7) is 6.93. The number of pyridine rings is 2. The van der Waals surface area contributed by atoms with Crippen LogP contribution in [0.25, 0.3) is 5.82 Å². The van der Waals surface area contributed by atoms with Crippen LogP contribution in [-0.4, -0.2) is 59.3 Å². The van der Waals surface area contributed by atoms with Crippen LogP contribution in [0.5, 0.6) is 5.88 Å². The maximum Gasteiger partial charge on any atom is 0.268 e. The molecular weight excluding hydrogens is 590 g/mol. The quantitative estimate of drug-likeness (QED) is 0.176. The second-order valence-corrected chi connectivity index (χ2v) is 14.2. The minimum absolute atomic E-state index is 0.0814. The molecule has 1 unspecified atom stereocenters. The van der Waals surface area contributed by atoms with Crippen molar-refractivity contribution in [3.8, 4) is 11.7 Å². The van der Waals surface area contributed by atoms with Crippen molar-refractivity contribution in [1.29, 1.82) is 0 Å². The Balaban J connectivity index is 1.10. The van der Waals surface area contributed by atoms with Crippen molar-refractivity contribution < 1.29 is 17.9 Å². The molecule has 0 bridgehead atoms. The standard InChI is InChI=1S/C30H40ClN7O4S/c1-30(2)17-22(18-34-30)9-5-6-15-32-25-12-10-23(19-33-25)43(40,41)37-29(39)24-11-13-26(35-28(24)31)38-16-14-27(36-38)42-20-21-7-3-4-8-21/h10-14,16,19,21-22,34H,3-9,15,17-18,20H2,1-2H3,(H,32,33)(H,37,39). The number of nitrogens with zero attached hydrogens (tertiary/aromatic N) is 4. The van der Waals surface area contributed by atoms with Crippen LogP contribution in [0.4, 0.5) is 5.82 Å². The second-order valence-electron chi connectivity index (χ2n) is 12.1. The molecule has 5 rings (SSSR count). The van der Waals surface area contributed by atoms with Crippen LogP contribution in [0.3, 0.4) is 0 Å². The van der Waals surface area contributed by atoms with Crippen molar-refractivity contribution in [3.05, 3.63) is 53.4 Å². The smallest absolute Gasteiger partial charge is 0.268 e. The molecule has 232 valence electrons. The van der Waals surface area contributed by atoms with E-state index in [1.807, 2.05) is 4.72 Å². The summed E-state index contributed by atoms with van der Waals surface area (Å²) in [6, 6.07) is 7.67. The number of unbranched alkanes of at least 4 members (excludes halogenated alkanes) is 1. The van der Waals surface area contributed by atoms with E-state index in [0.29, 0.717) is 36.0 Å². The van der Waals surface area contributed by atoms with E-state index < -0.39 is 15.9 Å². The lowest BCUT2D eigenvalue weighted by molar-refractivity contribution is 0.0981. The molecule has 1 amide bonds. The second kappa shape index (κ2) is 13.6. The molecule has 4 heterocycles. The van der Waals surface area contributed by atoms with Gasteiger partial charge in [0.25, 0.3) is 15.9 Å². The van der Waals surface area contributed by atoms with Crippen molar-refractivity contribution in [1.82, 2.24) is 29.8 Å². The average molecular weight is 630 g/mol. The number of anilines is 1. The van der Waals surface area contributed by atoms with E-state index >= 15 is 0 Å². The molecule has 2 fully saturated rings. The highest BCUT2D eigenvalue weighted by atomic mass is 35.5. The molecular formula is C30H40ClN7O4S. The summed E-state index contributed by atoms with van der Waals surface area (Å²) in [5.74, 6) is 1.80. The molecule has 1 saturated carbocycles. The summed E-state index contributed by atoms with van der Waals surface area (Å²) in [4.78, 5) is 21.1. The van der Waals surface area contributed by atoms with E-state index in [9.17, 15) is 13.2 Å². The fourth-order valence-electron chi connectivity index (χ4n) is 5.76. The lowest BCUT2D eigenvalue weighted by Crippen LogP contribution is -2.31. The minimum Gasteiger partial charge on any atom is -0.476 e. The van der Waals surface area contributed by atoms with Crippen molar-refractivity contribution in [2.24, 2.45) is 11.8 Å². The number of carbonyl (C=O) groups is 1. The number of sulfonamides is 1. The zero-order valence-electron chi connectivity index (χ0n) is 24.7. The Bertz CT molecular complexity index is 1500. The number of rotatable bonds is 13. The normalized spacial score (nSPS) is 18.5. The monoisotopic (exact) mass is 629 g/mol. The molecule has 2 aliphatic rings. The molecule has 0 aromatic carbocycles. The number of carbonyl (C=O) groups excluding carboxylic acids is 1. The van der Waals surface area contributed by atoms with Crippen LogP contribution in [0.15, 0.2) is 47.6 Å². The van der Waals surface area contributed by atoms with Gasteiger partial charge in [-0.15, -0.1) is 5.10 Å². The number of ether oxygens (including phenoxy) is 1. The summed E-state index contributed by atoms with van der Waals surface area (Å²) in [7, 11) is -4.18. The maximum absolute atomic E-state index is 12.9. The van der Waals surface area contributed by atoms with Crippen LogP contribution in [0.2, 0.25) is 5.15 Å². The Hall–Kier alpha value is -3.22. The molecule has 0 spiro atoms. The van der Waals surface area contributed by atoms with Gasteiger partial charge in [-0.2, -0.15) is 0 Å². The van der Waals surface area contributed by atoms with Gasteiger partial charge in [-0.05, 0) is 88.6 Å². The van der Waals surface area contributed by atoms with Gasteiger partial charge in [0, 0.05) is 30.5 Å². The first-order valence-corrected chi connectivity index (χ1v) is 16.8. The highest BCUT2D eigenvalue weighted by Gasteiger charge is 2.29. The third kappa shape index (κ3) is 8.45. The van der Waals surface area contributed by atoms with Gasteiger partial charge in [-0.3, -0.25) is 4.79 Å². The van der Waals surface area contributed by atoms with E-state index in [2.05, 4.69) is 39.5 Å². The Morgan fingerprint density at radius 1 is 1.14 bits per heavy atom. The van der Waals surface area contributed by atoms with Gasteiger partial charge in [0.2, 0.25) is 5.88 Å². The number of halogens is 1. The summed E-state index contributed by atoms with van der Waals surface area (Å²) in [5, 5.41) is 11.0. The third-order valence-electron chi connectivity index (χ3n) is 8.11. The lowest BCUT2D eigenvalue weighted by Gasteiger charge is -2.17. The highest BCUT2D eigenvalue weighted by molar-refractivity contribution is 7.90. The van der Waals surface area contributed by atoms with Crippen LogP contribution in [0.1, 0.15) is 75.6 Å². The number of amides is 1. The summed E-state index contributed by atoms with van der Waals surface area (Å²) >= 11 is 6.28. The first kappa shape index (κ1) is 31.2. The van der Waals surface area contributed by atoms with E-state index in [1.54, 1.807) is 18.3 Å². The van der Waals surface area contributed by atoms with Gasteiger partial charge < -0.3 is 15.4 Å². The van der Waals surface area contributed by atoms with E-state index in [0.717, 1.165) is 25.9 Å². The predicted molar refractivity (Wildman–Crippen MR) is 165 cm³/mol. The number of nitrogens with one attached hydrogen (secondary N) is 3. The average Bonchev–Trinajstić information content (AvgIpc) is 3.73. The molecule has 1 aliphatic heterocycles. The molecule has 1 atom stereocenters. The molecule has 3 aromatic heterocycles. The van der Waals surface area contributed by atoms with Gasteiger partial charge in [-0.25, -0.2) is 27.8 Å². The summed E-state index contributed by atoms with van der Waals surface area (Å²) < 4.78 is 35.1. The fourth-order valence-corrected chi connectivity index (χ4v) is 6.90. The number of hydrogen-bond donors (Lipinski definition) is 3. The Kier molecular flexibility index (Phi) is 9.88. The molecule has 11 nitrogen and oxygen atoms in total. The van der Waals surface area contributed by atoms with Crippen LogP contribution in [-0.2, 0) is 10.0 Å². The van der Waals surface area contributed by atoms with E-state index in [1.165, 1.54) is 67.6 Å². The van der Waals surface area contributed by atoms with Gasteiger partial charge >= 0.3 is 0 Å². The van der Waals surface area contributed by atoms with Crippen LogP contribution in [0, 0.1) is 11.8 Å².